The van der Waals surface area contributed by atoms with E-state index in [4.69, 9.17) is 0 Å². The Hall–Kier alpha value is -3.17. The van der Waals surface area contributed by atoms with E-state index in [-0.39, 0.29) is 16.7 Å². The molecule has 1 aromatic heterocycles. The normalized spacial score (nSPS) is 13.0. The molecule has 2 heterocycles. The molecule has 0 aliphatic carbocycles. The van der Waals surface area contributed by atoms with Gasteiger partial charge in [-0.2, -0.15) is 0 Å². The van der Waals surface area contributed by atoms with Crippen molar-refractivity contribution in [3.8, 4) is 0 Å². The molecule has 7 nitrogen and oxygen atoms in total. The molecular weight excluding hydrogens is 446 g/mol. The minimum Gasteiger partial charge on any atom is -0.326 e. The largest absolute Gasteiger partial charge is 0.326 e. The van der Waals surface area contributed by atoms with Gasteiger partial charge in [-0.1, -0.05) is 13.0 Å². The monoisotopic (exact) mass is 469 g/mol. The van der Waals surface area contributed by atoms with Crippen LogP contribution in [0.1, 0.15) is 35.0 Å². The summed E-state index contributed by atoms with van der Waals surface area (Å²) in [6.45, 7) is 2.48. The lowest BCUT2D eigenvalue weighted by Crippen LogP contribution is -2.28. The van der Waals surface area contributed by atoms with Crippen LogP contribution in [0.4, 0.5) is 17.1 Å². The quantitative estimate of drug-likeness (QED) is 0.533. The van der Waals surface area contributed by atoms with E-state index in [1.807, 2.05) is 18.4 Å². The third-order valence-electron chi connectivity index (χ3n) is 5.13. The van der Waals surface area contributed by atoms with Crippen LogP contribution < -0.4 is 14.9 Å². The highest BCUT2D eigenvalue weighted by molar-refractivity contribution is 7.92. The fourth-order valence-electron chi connectivity index (χ4n) is 3.59. The molecule has 2 N–H and O–H groups in total. The van der Waals surface area contributed by atoms with Gasteiger partial charge in [0.1, 0.15) is 0 Å². The summed E-state index contributed by atoms with van der Waals surface area (Å²) >= 11 is 1.40. The summed E-state index contributed by atoms with van der Waals surface area (Å²) in [4.78, 5) is 26.9. The Balaban J connectivity index is 1.47. The highest BCUT2D eigenvalue weighted by atomic mass is 32.2. The van der Waals surface area contributed by atoms with Crippen LogP contribution in [0.2, 0.25) is 0 Å². The lowest BCUT2D eigenvalue weighted by molar-refractivity contribution is -0.116. The zero-order valence-corrected chi connectivity index (χ0v) is 19.1. The number of anilines is 3. The van der Waals surface area contributed by atoms with Crippen molar-refractivity contribution in [3.05, 3.63) is 70.4 Å². The predicted molar refractivity (Wildman–Crippen MR) is 127 cm³/mol. The summed E-state index contributed by atoms with van der Waals surface area (Å²) in [6.07, 6.45) is 1.81. The fourth-order valence-corrected chi connectivity index (χ4v) is 5.31. The number of hydrogen-bond acceptors (Lipinski definition) is 5. The van der Waals surface area contributed by atoms with Gasteiger partial charge in [-0.15, -0.1) is 11.3 Å². The van der Waals surface area contributed by atoms with Crippen LogP contribution in [0.15, 0.2) is 64.9 Å². The molecule has 4 rings (SSSR count). The number of amides is 2. The average Bonchev–Trinajstić information content (AvgIpc) is 3.43. The van der Waals surface area contributed by atoms with Crippen molar-refractivity contribution in [1.29, 1.82) is 0 Å². The van der Waals surface area contributed by atoms with Crippen molar-refractivity contribution in [1.82, 2.24) is 0 Å². The van der Waals surface area contributed by atoms with Gasteiger partial charge in [0.2, 0.25) is 5.91 Å². The maximum Gasteiger partial charge on any atom is 0.268 e. The summed E-state index contributed by atoms with van der Waals surface area (Å²) in [5.74, 6) is -0.149. The van der Waals surface area contributed by atoms with Gasteiger partial charge in [-0.25, -0.2) is 8.42 Å². The van der Waals surface area contributed by atoms with E-state index < -0.39 is 10.0 Å². The lowest BCUT2D eigenvalue weighted by atomic mass is 10.1. The Bertz CT molecular complexity index is 1240. The number of nitrogens with one attached hydrogen (secondary N) is 2. The second kappa shape index (κ2) is 9.13. The van der Waals surface area contributed by atoms with Crippen molar-refractivity contribution in [2.24, 2.45) is 0 Å². The molecule has 0 fully saturated rings. The molecule has 0 spiro atoms. The van der Waals surface area contributed by atoms with Gasteiger partial charge in [0.05, 0.1) is 9.77 Å². The molecule has 0 unspecified atom stereocenters. The molecule has 1 aliphatic rings. The maximum atomic E-state index is 12.8. The summed E-state index contributed by atoms with van der Waals surface area (Å²) < 4.78 is 28.2. The number of fused-ring (bicyclic) bond motifs is 1. The summed E-state index contributed by atoms with van der Waals surface area (Å²) in [5.41, 5.74) is 2.72. The molecule has 166 valence electrons. The molecule has 0 saturated carbocycles. The van der Waals surface area contributed by atoms with Gasteiger partial charge < -0.3 is 10.2 Å². The van der Waals surface area contributed by atoms with Crippen LogP contribution in [0.25, 0.3) is 0 Å². The summed E-state index contributed by atoms with van der Waals surface area (Å²) in [6, 6.07) is 14.9. The highest BCUT2D eigenvalue weighted by Gasteiger charge is 2.26. The molecule has 2 aromatic carbocycles. The molecular formula is C23H23N3O4S2. The van der Waals surface area contributed by atoms with Gasteiger partial charge in [-0.3, -0.25) is 14.3 Å². The molecule has 0 saturated heterocycles. The summed E-state index contributed by atoms with van der Waals surface area (Å²) in [7, 11) is -3.79. The number of benzene rings is 2. The Morgan fingerprint density at radius 3 is 2.50 bits per heavy atom. The third-order valence-corrected chi connectivity index (χ3v) is 7.38. The van der Waals surface area contributed by atoms with E-state index in [0.29, 0.717) is 35.6 Å². The zero-order chi connectivity index (χ0) is 22.7. The van der Waals surface area contributed by atoms with E-state index in [0.717, 1.165) is 17.7 Å². The van der Waals surface area contributed by atoms with Crippen molar-refractivity contribution in [2.75, 3.05) is 21.5 Å². The number of nitrogens with zero attached hydrogens (tertiary/aromatic N) is 1. The van der Waals surface area contributed by atoms with E-state index in [1.54, 1.807) is 41.3 Å². The maximum absolute atomic E-state index is 12.8. The highest BCUT2D eigenvalue weighted by Crippen LogP contribution is 2.33. The van der Waals surface area contributed by atoms with E-state index >= 15 is 0 Å². The van der Waals surface area contributed by atoms with Gasteiger partial charge in [-0.05, 0) is 72.3 Å². The molecule has 9 heteroatoms. The molecule has 2 amide bonds. The van der Waals surface area contributed by atoms with Gasteiger partial charge in [0.15, 0.2) is 0 Å². The number of carbonyl (C=O) groups excluding carboxylic acids is 2. The standard InChI is InChI=1S/C23H23N3O4S2/c1-2-4-22(27)24-17-6-9-19(10-7-17)32(29,30)25-18-8-11-20-16(15-18)12-13-26(20)23(28)21-5-3-14-31-21/h3,5-11,14-15,25H,2,4,12-13H2,1H3,(H,24,27). The second-order valence-electron chi connectivity index (χ2n) is 7.46. The Labute approximate surface area is 191 Å². The third kappa shape index (κ3) is 4.68. The molecule has 3 aromatic rings. The fraction of sp³-hybridized carbons (Fsp3) is 0.217. The van der Waals surface area contributed by atoms with Gasteiger partial charge in [0, 0.05) is 30.0 Å². The lowest BCUT2D eigenvalue weighted by Gasteiger charge is -2.17. The van der Waals surface area contributed by atoms with Crippen molar-refractivity contribution in [2.45, 2.75) is 31.1 Å². The van der Waals surface area contributed by atoms with Crippen LogP contribution in [0, 0.1) is 0 Å². The first-order valence-corrected chi connectivity index (χ1v) is 12.6. The van der Waals surface area contributed by atoms with E-state index in [9.17, 15) is 18.0 Å². The molecule has 0 bridgehead atoms. The van der Waals surface area contributed by atoms with Crippen molar-refractivity contribution >= 4 is 50.2 Å². The van der Waals surface area contributed by atoms with Crippen LogP contribution in [-0.2, 0) is 21.2 Å². The molecule has 1 aliphatic heterocycles. The van der Waals surface area contributed by atoms with Crippen molar-refractivity contribution < 1.29 is 18.0 Å². The van der Waals surface area contributed by atoms with Crippen LogP contribution >= 0.6 is 11.3 Å². The van der Waals surface area contributed by atoms with E-state index in [1.165, 1.54) is 23.5 Å². The number of thiophene rings is 1. The number of rotatable bonds is 7. The summed E-state index contributed by atoms with van der Waals surface area (Å²) in [5, 5.41) is 4.61. The topological polar surface area (TPSA) is 95.6 Å². The van der Waals surface area contributed by atoms with Crippen molar-refractivity contribution in [3.63, 3.8) is 0 Å². The first-order valence-electron chi connectivity index (χ1n) is 10.3. The Kier molecular flexibility index (Phi) is 6.29. The van der Waals surface area contributed by atoms with Gasteiger partial charge in [0.25, 0.3) is 15.9 Å². The molecule has 0 radical (unpaired) electrons. The smallest absolute Gasteiger partial charge is 0.268 e. The first kappa shape index (κ1) is 22.0. The van der Waals surface area contributed by atoms with Crippen LogP contribution in [-0.4, -0.2) is 26.8 Å². The molecule has 32 heavy (non-hydrogen) atoms. The van der Waals surface area contributed by atoms with E-state index in [2.05, 4.69) is 10.0 Å². The Morgan fingerprint density at radius 1 is 1.06 bits per heavy atom. The SMILES string of the molecule is CCCC(=O)Nc1ccc(S(=O)(=O)Nc2ccc3c(c2)CCN3C(=O)c2cccs2)cc1. The predicted octanol–water partition coefficient (Wildman–Crippen LogP) is 4.49. The van der Waals surface area contributed by atoms with Gasteiger partial charge >= 0.3 is 0 Å². The number of carbonyl (C=O) groups is 2. The zero-order valence-electron chi connectivity index (χ0n) is 17.5. The average molecular weight is 470 g/mol. The minimum absolute atomic E-state index is 0.0433. The molecule has 0 atom stereocenters. The first-order chi connectivity index (χ1) is 15.4. The van der Waals surface area contributed by atoms with Crippen LogP contribution in [0.3, 0.4) is 0 Å². The Morgan fingerprint density at radius 2 is 1.81 bits per heavy atom. The second-order valence-corrected chi connectivity index (χ2v) is 10.1. The number of sulfonamides is 1. The minimum atomic E-state index is -3.79. The van der Waals surface area contributed by atoms with Crippen LogP contribution in [0.5, 0.6) is 0 Å². The number of hydrogen-bond donors (Lipinski definition) is 2.